The molecule has 0 aliphatic heterocycles. The minimum atomic E-state index is -0.532. The average molecular weight is 346 g/mol. The van der Waals surface area contributed by atoms with Crippen LogP contribution in [0.5, 0.6) is 17.2 Å². The van der Waals surface area contributed by atoms with Crippen molar-refractivity contribution in [3.05, 3.63) is 71.8 Å². The number of benzene rings is 3. The van der Waals surface area contributed by atoms with Gasteiger partial charge in [0.1, 0.15) is 5.82 Å². The second-order valence-corrected chi connectivity index (χ2v) is 6.30. The van der Waals surface area contributed by atoms with Gasteiger partial charge in [-0.3, -0.25) is 0 Å². The van der Waals surface area contributed by atoms with Gasteiger partial charge in [0.05, 0.1) is 11.0 Å². The number of para-hydroxylation sites is 2. The van der Waals surface area contributed by atoms with Crippen molar-refractivity contribution in [2.24, 2.45) is 0 Å². The molecule has 5 nitrogen and oxygen atoms in total. The number of hydrogen-bond donors (Lipinski definition) is 3. The summed E-state index contributed by atoms with van der Waals surface area (Å²) in [4.78, 5) is 4.68. The number of aromatic nitrogens is 2. The van der Waals surface area contributed by atoms with E-state index < -0.39 is 5.75 Å². The Morgan fingerprint density at radius 1 is 0.885 bits per heavy atom. The van der Waals surface area contributed by atoms with Crippen molar-refractivity contribution in [3.63, 3.8) is 0 Å². The van der Waals surface area contributed by atoms with Crippen LogP contribution in [0.4, 0.5) is 0 Å². The maximum absolute atomic E-state index is 9.89. The third kappa shape index (κ3) is 2.63. The van der Waals surface area contributed by atoms with Crippen molar-refractivity contribution in [2.45, 2.75) is 13.5 Å². The number of aromatic hydroxyl groups is 3. The van der Waals surface area contributed by atoms with E-state index >= 15 is 0 Å². The lowest BCUT2D eigenvalue weighted by molar-refractivity contribution is 0.368. The highest BCUT2D eigenvalue weighted by atomic mass is 16.3. The van der Waals surface area contributed by atoms with E-state index in [9.17, 15) is 15.3 Å². The number of hydrogen-bond acceptors (Lipinski definition) is 4. The normalized spacial score (nSPS) is 11.1. The van der Waals surface area contributed by atoms with Crippen LogP contribution < -0.4 is 0 Å². The molecule has 0 aliphatic carbocycles. The lowest BCUT2D eigenvalue weighted by Gasteiger charge is -2.12. The van der Waals surface area contributed by atoms with Gasteiger partial charge >= 0.3 is 0 Å². The molecule has 0 saturated carbocycles. The Balaban J connectivity index is 1.94. The number of phenolic OH excluding ortho intramolecular Hbond substituents is 3. The first kappa shape index (κ1) is 16.0. The molecule has 3 N–H and O–H groups in total. The van der Waals surface area contributed by atoms with E-state index in [2.05, 4.69) is 24.0 Å². The zero-order valence-corrected chi connectivity index (χ0v) is 14.2. The minimum absolute atomic E-state index is 0.380. The second-order valence-electron chi connectivity index (χ2n) is 6.30. The first-order valence-corrected chi connectivity index (χ1v) is 8.29. The Bertz CT molecular complexity index is 1090. The molecule has 0 bridgehead atoms. The van der Waals surface area contributed by atoms with Crippen LogP contribution in [0, 0.1) is 6.92 Å². The Morgan fingerprint density at radius 2 is 1.54 bits per heavy atom. The molecular formula is C21H18N2O3. The van der Waals surface area contributed by atoms with Gasteiger partial charge < -0.3 is 19.9 Å². The molecule has 1 aromatic heterocycles. The molecule has 3 aromatic carbocycles. The monoisotopic (exact) mass is 346 g/mol. The largest absolute Gasteiger partial charge is 0.504 e. The molecule has 4 rings (SSSR count). The zero-order valence-electron chi connectivity index (χ0n) is 14.2. The van der Waals surface area contributed by atoms with Crippen LogP contribution in [0.15, 0.2) is 60.7 Å². The fraction of sp³-hybridized carbons (Fsp3) is 0.0952. The predicted octanol–water partition coefficient (Wildman–Crippen LogP) is 4.18. The van der Waals surface area contributed by atoms with Crippen molar-refractivity contribution in [2.75, 3.05) is 0 Å². The number of imidazole rings is 1. The quantitative estimate of drug-likeness (QED) is 0.486. The van der Waals surface area contributed by atoms with Crippen molar-refractivity contribution in [1.82, 2.24) is 9.55 Å². The smallest absolute Gasteiger partial charge is 0.200 e. The van der Waals surface area contributed by atoms with Gasteiger partial charge in [0.25, 0.3) is 0 Å². The molecule has 130 valence electrons. The van der Waals surface area contributed by atoms with Gasteiger partial charge in [-0.05, 0) is 42.3 Å². The fourth-order valence-corrected chi connectivity index (χ4v) is 3.15. The lowest BCUT2D eigenvalue weighted by atomic mass is 10.1. The van der Waals surface area contributed by atoms with Crippen molar-refractivity contribution in [3.8, 4) is 28.6 Å². The molecule has 0 unspecified atom stereocenters. The summed E-state index contributed by atoms with van der Waals surface area (Å²) < 4.78 is 2.04. The molecule has 0 saturated heterocycles. The minimum Gasteiger partial charge on any atom is -0.504 e. The van der Waals surface area contributed by atoms with Crippen LogP contribution in [-0.2, 0) is 6.54 Å². The summed E-state index contributed by atoms with van der Waals surface area (Å²) in [6.45, 7) is 2.66. The summed E-state index contributed by atoms with van der Waals surface area (Å²) in [5.74, 6) is -0.681. The number of nitrogens with zero attached hydrogens (tertiary/aromatic N) is 2. The van der Waals surface area contributed by atoms with Gasteiger partial charge in [-0.25, -0.2) is 4.98 Å². The maximum atomic E-state index is 9.89. The third-order valence-electron chi connectivity index (χ3n) is 4.57. The lowest BCUT2D eigenvalue weighted by Crippen LogP contribution is -2.03. The molecule has 0 aliphatic rings. The predicted molar refractivity (Wildman–Crippen MR) is 100 cm³/mol. The first-order chi connectivity index (χ1) is 12.5. The van der Waals surface area contributed by atoms with E-state index in [4.69, 9.17) is 0 Å². The number of aryl methyl sites for hydroxylation is 1. The molecule has 26 heavy (non-hydrogen) atoms. The molecule has 0 fully saturated rings. The van der Waals surface area contributed by atoms with Crippen LogP contribution in [0.2, 0.25) is 0 Å². The Labute approximate surface area is 150 Å². The molecular weight excluding hydrogens is 328 g/mol. The first-order valence-electron chi connectivity index (χ1n) is 8.29. The Morgan fingerprint density at radius 3 is 2.27 bits per heavy atom. The highest BCUT2D eigenvalue weighted by Gasteiger charge is 2.17. The van der Waals surface area contributed by atoms with Gasteiger partial charge in [0, 0.05) is 12.1 Å². The van der Waals surface area contributed by atoms with Gasteiger partial charge in [-0.15, -0.1) is 0 Å². The van der Waals surface area contributed by atoms with Crippen molar-refractivity contribution < 1.29 is 15.3 Å². The number of phenols is 3. The highest BCUT2D eigenvalue weighted by molar-refractivity contribution is 5.81. The van der Waals surface area contributed by atoms with E-state index in [0.717, 1.165) is 16.6 Å². The molecule has 5 heteroatoms. The standard InChI is InChI=1S/C21H18N2O3/c1-13-6-2-3-7-14(13)12-23-17-9-5-4-8-16(17)22-21(23)15-10-18(24)20(26)19(25)11-15/h2-11,24-26H,12H2,1H3. The topological polar surface area (TPSA) is 78.5 Å². The summed E-state index contributed by atoms with van der Waals surface area (Å²) in [6.07, 6.45) is 0. The summed E-state index contributed by atoms with van der Waals surface area (Å²) in [5, 5.41) is 29.4. The SMILES string of the molecule is Cc1ccccc1Cn1c(-c2cc(O)c(O)c(O)c2)nc2ccccc21. The molecule has 0 spiro atoms. The Hall–Kier alpha value is -3.47. The van der Waals surface area contributed by atoms with E-state index in [0.29, 0.717) is 17.9 Å². The van der Waals surface area contributed by atoms with Crippen LogP contribution in [0.1, 0.15) is 11.1 Å². The number of fused-ring (bicyclic) bond motifs is 1. The Kier molecular flexibility index (Phi) is 3.77. The summed E-state index contributed by atoms with van der Waals surface area (Å²) in [7, 11) is 0. The fourth-order valence-electron chi connectivity index (χ4n) is 3.15. The van der Waals surface area contributed by atoms with Crippen LogP contribution in [0.25, 0.3) is 22.4 Å². The third-order valence-corrected chi connectivity index (χ3v) is 4.57. The second kappa shape index (κ2) is 6.11. The van der Waals surface area contributed by atoms with E-state index in [1.807, 2.05) is 41.0 Å². The van der Waals surface area contributed by atoms with Gasteiger partial charge in [-0.2, -0.15) is 0 Å². The molecule has 1 heterocycles. The molecule has 4 aromatic rings. The highest BCUT2D eigenvalue weighted by Crippen LogP contribution is 2.39. The summed E-state index contributed by atoms with van der Waals surface area (Å²) in [6, 6.07) is 18.7. The van der Waals surface area contributed by atoms with E-state index in [1.165, 1.54) is 17.7 Å². The average Bonchev–Trinajstić information content (AvgIpc) is 3.00. The van der Waals surface area contributed by atoms with Crippen LogP contribution >= 0.6 is 0 Å². The number of rotatable bonds is 3. The van der Waals surface area contributed by atoms with Gasteiger partial charge in [0.15, 0.2) is 17.2 Å². The van der Waals surface area contributed by atoms with Crippen molar-refractivity contribution >= 4 is 11.0 Å². The molecule has 0 amide bonds. The molecule has 0 atom stereocenters. The van der Waals surface area contributed by atoms with Crippen LogP contribution in [0.3, 0.4) is 0 Å². The van der Waals surface area contributed by atoms with Crippen LogP contribution in [-0.4, -0.2) is 24.9 Å². The summed E-state index contributed by atoms with van der Waals surface area (Å²) in [5.41, 5.74) is 4.64. The van der Waals surface area contributed by atoms with E-state index in [-0.39, 0.29) is 11.5 Å². The maximum Gasteiger partial charge on any atom is 0.200 e. The van der Waals surface area contributed by atoms with E-state index in [1.54, 1.807) is 0 Å². The van der Waals surface area contributed by atoms with Gasteiger partial charge in [-0.1, -0.05) is 36.4 Å². The molecule has 0 radical (unpaired) electrons. The summed E-state index contributed by atoms with van der Waals surface area (Å²) >= 11 is 0. The zero-order chi connectivity index (χ0) is 18.3. The van der Waals surface area contributed by atoms with Gasteiger partial charge in [0.2, 0.25) is 0 Å². The van der Waals surface area contributed by atoms with Crippen molar-refractivity contribution in [1.29, 1.82) is 0 Å².